The third kappa shape index (κ3) is 2.67. The molecule has 3 heterocycles. The minimum Gasteiger partial charge on any atom is -0.497 e. The van der Waals surface area contributed by atoms with Gasteiger partial charge in [-0.05, 0) is 56.1 Å². The summed E-state index contributed by atoms with van der Waals surface area (Å²) < 4.78 is 6.91. The molecule has 6 heteroatoms. The molecule has 4 rings (SSSR count). The fourth-order valence-corrected chi connectivity index (χ4v) is 3.76. The molecule has 2 unspecified atom stereocenters. The van der Waals surface area contributed by atoms with Crippen molar-refractivity contribution in [1.29, 1.82) is 0 Å². The Labute approximate surface area is 141 Å². The Morgan fingerprint density at radius 1 is 1.17 bits per heavy atom. The highest BCUT2D eigenvalue weighted by atomic mass is 16.5. The predicted molar refractivity (Wildman–Crippen MR) is 90.6 cm³/mol. The van der Waals surface area contributed by atoms with Gasteiger partial charge in [0.2, 0.25) is 0 Å². The number of ether oxygens (including phenoxy) is 1. The van der Waals surface area contributed by atoms with Crippen LogP contribution in [0, 0.1) is 0 Å². The molecule has 24 heavy (non-hydrogen) atoms. The lowest BCUT2D eigenvalue weighted by Crippen LogP contribution is -2.42. The highest BCUT2D eigenvalue weighted by molar-refractivity contribution is 5.93. The van der Waals surface area contributed by atoms with Crippen molar-refractivity contribution < 1.29 is 9.53 Å². The Kier molecular flexibility index (Phi) is 3.98. The van der Waals surface area contributed by atoms with Crippen LogP contribution in [0.3, 0.4) is 0 Å². The number of rotatable bonds is 3. The number of nitrogens with one attached hydrogen (secondary N) is 1. The van der Waals surface area contributed by atoms with E-state index >= 15 is 0 Å². The molecule has 6 nitrogen and oxygen atoms in total. The van der Waals surface area contributed by atoms with E-state index in [0.717, 1.165) is 43.8 Å². The van der Waals surface area contributed by atoms with Crippen molar-refractivity contribution in [2.45, 2.75) is 31.3 Å². The fourth-order valence-electron chi connectivity index (χ4n) is 3.76. The van der Waals surface area contributed by atoms with Crippen LogP contribution in [0.4, 0.5) is 0 Å². The summed E-state index contributed by atoms with van der Waals surface area (Å²) in [6.45, 7) is 1.88. The van der Waals surface area contributed by atoms with Gasteiger partial charge in [-0.15, -0.1) is 0 Å². The second-order valence-corrected chi connectivity index (χ2v) is 6.43. The molecule has 1 aromatic heterocycles. The molecule has 2 aliphatic rings. The van der Waals surface area contributed by atoms with Crippen molar-refractivity contribution in [3.05, 3.63) is 42.2 Å². The van der Waals surface area contributed by atoms with Crippen molar-refractivity contribution in [2.75, 3.05) is 20.2 Å². The Morgan fingerprint density at radius 2 is 1.96 bits per heavy atom. The van der Waals surface area contributed by atoms with Crippen LogP contribution >= 0.6 is 0 Å². The molecule has 2 aromatic rings. The van der Waals surface area contributed by atoms with Gasteiger partial charge in [-0.25, -0.2) is 4.68 Å². The molecular formula is C18H22N4O2. The number of hydrogen-bond donors (Lipinski definition) is 1. The quantitative estimate of drug-likeness (QED) is 0.935. The van der Waals surface area contributed by atoms with Crippen LogP contribution in [-0.4, -0.2) is 52.9 Å². The van der Waals surface area contributed by atoms with Gasteiger partial charge in [-0.3, -0.25) is 4.79 Å². The Morgan fingerprint density at radius 3 is 2.75 bits per heavy atom. The van der Waals surface area contributed by atoms with Gasteiger partial charge >= 0.3 is 0 Å². The smallest absolute Gasteiger partial charge is 0.274 e. The summed E-state index contributed by atoms with van der Waals surface area (Å²) in [7, 11) is 1.64. The number of methoxy groups -OCH3 is 1. The third-order valence-corrected chi connectivity index (χ3v) is 5.03. The minimum atomic E-state index is 0.0541. The van der Waals surface area contributed by atoms with Crippen molar-refractivity contribution >= 4 is 5.91 Å². The van der Waals surface area contributed by atoms with E-state index in [4.69, 9.17) is 4.74 Å². The van der Waals surface area contributed by atoms with E-state index in [1.807, 2.05) is 36.5 Å². The largest absolute Gasteiger partial charge is 0.497 e. The molecule has 2 bridgehead atoms. The summed E-state index contributed by atoms with van der Waals surface area (Å²) in [6.07, 6.45) is 5.06. The SMILES string of the molecule is COc1ccc(-n2ccc(C(=O)N3C4CCNCC3CC4)n2)cc1. The zero-order chi connectivity index (χ0) is 16.5. The molecule has 2 fully saturated rings. The second-order valence-electron chi connectivity index (χ2n) is 6.43. The Hall–Kier alpha value is -2.34. The second kappa shape index (κ2) is 6.28. The summed E-state index contributed by atoms with van der Waals surface area (Å²) >= 11 is 0. The fraction of sp³-hybridized carbons (Fsp3) is 0.444. The van der Waals surface area contributed by atoms with Crippen molar-refractivity contribution in [3.8, 4) is 11.4 Å². The molecule has 0 radical (unpaired) electrons. The molecule has 0 aliphatic carbocycles. The van der Waals surface area contributed by atoms with Crippen LogP contribution < -0.4 is 10.1 Å². The van der Waals surface area contributed by atoms with Gasteiger partial charge in [0.1, 0.15) is 5.75 Å². The van der Waals surface area contributed by atoms with Gasteiger partial charge in [-0.2, -0.15) is 5.10 Å². The highest BCUT2D eigenvalue weighted by Gasteiger charge is 2.39. The molecule has 126 valence electrons. The maximum atomic E-state index is 13.0. The Bertz CT molecular complexity index is 711. The lowest BCUT2D eigenvalue weighted by atomic mass is 10.1. The van der Waals surface area contributed by atoms with Crippen LogP contribution in [0.15, 0.2) is 36.5 Å². The van der Waals surface area contributed by atoms with Gasteiger partial charge in [0.15, 0.2) is 5.69 Å². The number of carbonyl (C=O) groups excluding carboxylic acids is 1. The maximum Gasteiger partial charge on any atom is 0.274 e. The summed E-state index contributed by atoms with van der Waals surface area (Å²) in [4.78, 5) is 15.0. The monoisotopic (exact) mass is 326 g/mol. The highest BCUT2D eigenvalue weighted by Crippen LogP contribution is 2.29. The zero-order valence-electron chi connectivity index (χ0n) is 13.8. The first-order valence-electron chi connectivity index (χ1n) is 8.50. The standard InChI is InChI=1S/C18H22N4O2/c1-24-16-6-4-13(5-7-16)21-11-9-17(20-21)18(23)22-14-2-3-15(22)12-19-10-8-14/h4-7,9,11,14-15,19H,2-3,8,10,12H2,1H3. The molecule has 0 saturated carbocycles. The van der Waals surface area contributed by atoms with Crippen molar-refractivity contribution in [2.24, 2.45) is 0 Å². The van der Waals surface area contributed by atoms with Gasteiger partial charge in [-0.1, -0.05) is 0 Å². The van der Waals surface area contributed by atoms with E-state index in [0.29, 0.717) is 17.8 Å². The van der Waals surface area contributed by atoms with Crippen molar-refractivity contribution in [1.82, 2.24) is 20.0 Å². The summed E-state index contributed by atoms with van der Waals surface area (Å²) in [5.41, 5.74) is 1.43. The van der Waals surface area contributed by atoms with Crippen LogP contribution in [0.25, 0.3) is 5.69 Å². The lowest BCUT2D eigenvalue weighted by Gasteiger charge is -2.27. The zero-order valence-corrected chi connectivity index (χ0v) is 13.8. The molecule has 2 saturated heterocycles. The average molecular weight is 326 g/mol. The number of fused-ring (bicyclic) bond motifs is 2. The average Bonchev–Trinajstić information content (AvgIpc) is 3.18. The molecule has 1 amide bonds. The van der Waals surface area contributed by atoms with Gasteiger partial charge in [0.25, 0.3) is 5.91 Å². The number of carbonyl (C=O) groups is 1. The molecule has 0 spiro atoms. The molecule has 1 aromatic carbocycles. The minimum absolute atomic E-state index is 0.0541. The van der Waals surface area contributed by atoms with Crippen LogP contribution in [0.2, 0.25) is 0 Å². The molecule has 2 atom stereocenters. The first-order chi connectivity index (χ1) is 11.8. The molecule has 2 aliphatic heterocycles. The van der Waals surface area contributed by atoms with Gasteiger partial charge < -0.3 is 15.0 Å². The Balaban J connectivity index is 1.56. The van der Waals surface area contributed by atoms with Crippen molar-refractivity contribution in [3.63, 3.8) is 0 Å². The third-order valence-electron chi connectivity index (χ3n) is 5.03. The number of amides is 1. The number of nitrogens with zero attached hydrogens (tertiary/aromatic N) is 3. The van der Waals surface area contributed by atoms with E-state index in [1.165, 1.54) is 0 Å². The number of hydrogen-bond acceptors (Lipinski definition) is 4. The predicted octanol–water partition coefficient (Wildman–Crippen LogP) is 1.85. The summed E-state index contributed by atoms with van der Waals surface area (Å²) in [5.74, 6) is 0.856. The lowest BCUT2D eigenvalue weighted by molar-refractivity contribution is 0.0673. The number of benzene rings is 1. The first-order valence-corrected chi connectivity index (χ1v) is 8.50. The normalized spacial score (nSPS) is 23.1. The topological polar surface area (TPSA) is 59.4 Å². The summed E-state index contributed by atoms with van der Waals surface area (Å²) in [6, 6.07) is 10.1. The van der Waals surface area contributed by atoms with Gasteiger partial charge in [0.05, 0.1) is 12.8 Å². The van der Waals surface area contributed by atoms with E-state index < -0.39 is 0 Å². The maximum absolute atomic E-state index is 13.0. The van der Waals surface area contributed by atoms with E-state index in [2.05, 4.69) is 15.3 Å². The first kappa shape index (κ1) is 15.2. The number of aromatic nitrogens is 2. The van der Waals surface area contributed by atoms with Crippen LogP contribution in [0.1, 0.15) is 29.8 Å². The molecular weight excluding hydrogens is 304 g/mol. The summed E-state index contributed by atoms with van der Waals surface area (Å²) in [5, 5.41) is 7.93. The van der Waals surface area contributed by atoms with Crippen LogP contribution in [0.5, 0.6) is 5.75 Å². The van der Waals surface area contributed by atoms with Gasteiger partial charge in [0, 0.05) is 24.8 Å². The van der Waals surface area contributed by atoms with E-state index in [1.54, 1.807) is 11.8 Å². The molecule has 1 N–H and O–H groups in total. The van der Waals surface area contributed by atoms with Crippen LogP contribution in [-0.2, 0) is 0 Å². The van der Waals surface area contributed by atoms with E-state index in [-0.39, 0.29) is 5.91 Å². The van der Waals surface area contributed by atoms with E-state index in [9.17, 15) is 4.79 Å².